The zero-order chi connectivity index (χ0) is 15.7. The highest BCUT2D eigenvalue weighted by molar-refractivity contribution is 5.84. The normalized spacial score (nSPS) is 30.7. The van der Waals surface area contributed by atoms with E-state index in [0.717, 1.165) is 6.42 Å². The number of rotatable bonds is 3. The van der Waals surface area contributed by atoms with Crippen LogP contribution in [0.3, 0.4) is 0 Å². The van der Waals surface area contributed by atoms with Gasteiger partial charge in [0, 0.05) is 12.5 Å². The van der Waals surface area contributed by atoms with Crippen molar-refractivity contribution in [2.75, 3.05) is 20.2 Å². The number of esters is 1. The van der Waals surface area contributed by atoms with Crippen LogP contribution in [0.4, 0.5) is 0 Å². The fourth-order valence-electron chi connectivity index (χ4n) is 3.16. The summed E-state index contributed by atoms with van der Waals surface area (Å²) in [6, 6.07) is 10.1. The van der Waals surface area contributed by atoms with Crippen molar-refractivity contribution in [1.29, 1.82) is 0 Å². The Morgan fingerprint density at radius 2 is 1.95 bits per heavy atom. The van der Waals surface area contributed by atoms with E-state index in [1.165, 1.54) is 12.7 Å². The van der Waals surface area contributed by atoms with Crippen LogP contribution in [0.25, 0.3) is 0 Å². The van der Waals surface area contributed by atoms with Crippen LogP contribution < -0.4 is 0 Å². The first-order chi connectivity index (χ1) is 10.6. The number of hydrogen-bond acceptors (Lipinski definition) is 4. The summed E-state index contributed by atoms with van der Waals surface area (Å²) < 4.78 is 10.3. The molecule has 118 valence electrons. The summed E-state index contributed by atoms with van der Waals surface area (Å²) in [6.45, 7) is 2.69. The molecule has 4 atom stereocenters. The Kier molecular flexibility index (Phi) is 4.16. The van der Waals surface area contributed by atoms with Gasteiger partial charge in [-0.05, 0) is 24.8 Å². The lowest BCUT2D eigenvalue weighted by Crippen LogP contribution is -2.52. The van der Waals surface area contributed by atoms with Gasteiger partial charge in [-0.25, -0.2) is 4.79 Å². The van der Waals surface area contributed by atoms with Gasteiger partial charge in [0.15, 0.2) is 6.10 Å². The second kappa shape index (κ2) is 6.08. The molecule has 0 bridgehead atoms. The van der Waals surface area contributed by atoms with E-state index in [0.29, 0.717) is 12.5 Å². The minimum absolute atomic E-state index is 0.0333. The van der Waals surface area contributed by atoms with Gasteiger partial charge in [-0.15, -0.1) is 0 Å². The number of nitrogens with zero attached hydrogens (tertiary/aromatic N) is 1. The number of ether oxygens (including phenoxy) is 2. The molecule has 22 heavy (non-hydrogen) atoms. The van der Waals surface area contributed by atoms with Crippen molar-refractivity contribution in [1.82, 2.24) is 4.90 Å². The van der Waals surface area contributed by atoms with E-state index in [1.54, 1.807) is 4.90 Å². The maximum atomic E-state index is 12.7. The average Bonchev–Trinajstić information content (AvgIpc) is 3.34. The molecule has 3 rings (SSSR count). The molecule has 0 aromatic heterocycles. The van der Waals surface area contributed by atoms with Crippen molar-refractivity contribution < 1.29 is 19.1 Å². The van der Waals surface area contributed by atoms with Crippen LogP contribution in [0.2, 0.25) is 0 Å². The molecule has 2 aliphatic rings. The van der Waals surface area contributed by atoms with Crippen LogP contribution >= 0.6 is 0 Å². The van der Waals surface area contributed by atoms with Crippen molar-refractivity contribution in [2.24, 2.45) is 5.92 Å². The number of methoxy groups -OCH3 is 1. The third-order valence-electron chi connectivity index (χ3n) is 4.37. The van der Waals surface area contributed by atoms with E-state index in [-0.39, 0.29) is 24.5 Å². The first kappa shape index (κ1) is 15.0. The molecule has 1 aliphatic heterocycles. The van der Waals surface area contributed by atoms with Crippen molar-refractivity contribution in [3.05, 3.63) is 35.9 Å². The summed E-state index contributed by atoms with van der Waals surface area (Å²) in [7, 11) is 1.34. The van der Waals surface area contributed by atoms with E-state index in [4.69, 9.17) is 9.47 Å². The van der Waals surface area contributed by atoms with Gasteiger partial charge in [0.1, 0.15) is 0 Å². The lowest BCUT2D eigenvalue weighted by atomic mass is 10.1. The maximum absolute atomic E-state index is 12.7. The van der Waals surface area contributed by atoms with Crippen LogP contribution in [0, 0.1) is 5.92 Å². The van der Waals surface area contributed by atoms with Crippen molar-refractivity contribution >= 4 is 11.9 Å². The molecular weight excluding hydrogens is 282 g/mol. The molecule has 1 saturated carbocycles. The molecule has 1 aromatic rings. The van der Waals surface area contributed by atoms with Gasteiger partial charge in [0.25, 0.3) is 0 Å². The highest BCUT2D eigenvalue weighted by Crippen LogP contribution is 2.48. The molecular formula is C17H21NO4. The van der Waals surface area contributed by atoms with Crippen molar-refractivity contribution in [2.45, 2.75) is 31.5 Å². The predicted octanol–water partition coefficient (Wildman–Crippen LogP) is 1.58. The fourth-order valence-corrected chi connectivity index (χ4v) is 3.16. The van der Waals surface area contributed by atoms with Crippen LogP contribution in [0.1, 0.15) is 24.8 Å². The number of benzene rings is 1. The van der Waals surface area contributed by atoms with E-state index < -0.39 is 12.1 Å². The summed E-state index contributed by atoms with van der Waals surface area (Å²) in [5.74, 6) is 0.0482. The largest absolute Gasteiger partial charge is 0.467 e. The van der Waals surface area contributed by atoms with E-state index >= 15 is 0 Å². The first-order valence-corrected chi connectivity index (χ1v) is 7.67. The van der Waals surface area contributed by atoms with Gasteiger partial charge in [0.05, 0.1) is 19.8 Å². The van der Waals surface area contributed by atoms with Crippen molar-refractivity contribution in [3.63, 3.8) is 0 Å². The summed E-state index contributed by atoms with van der Waals surface area (Å²) in [5, 5.41) is 0. The smallest absolute Gasteiger partial charge is 0.336 e. The lowest BCUT2D eigenvalue weighted by Gasteiger charge is -2.35. The van der Waals surface area contributed by atoms with E-state index in [2.05, 4.69) is 12.1 Å². The van der Waals surface area contributed by atoms with Gasteiger partial charge in [0.2, 0.25) is 5.91 Å². The fraction of sp³-hybridized carbons (Fsp3) is 0.529. The standard InChI is InChI=1S/C17H21NO4/c1-11-9-18(10-15(22-11)17(20)21-2)16(19)14-8-13(14)12-6-4-3-5-7-12/h3-7,11,13-15H,8-10H2,1-2H3/t11-,13+,14-,15-/m1/s1. The van der Waals surface area contributed by atoms with E-state index in [1.807, 2.05) is 25.1 Å². The summed E-state index contributed by atoms with van der Waals surface area (Å²) in [5.41, 5.74) is 1.21. The Morgan fingerprint density at radius 3 is 2.64 bits per heavy atom. The Hall–Kier alpha value is -1.88. The van der Waals surface area contributed by atoms with Gasteiger partial charge >= 0.3 is 5.97 Å². The first-order valence-electron chi connectivity index (χ1n) is 7.67. The molecule has 1 heterocycles. The molecule has 1 saturated heterocycles. The molecule has 0 N–H and O–H groups in total. The molecule has 1 amide bonds. The zero-order valence-electron chi connectivity index (χ0n) is 12.9. The summed E-state index contributed by atoms with van der Waals surface area (Å²) in [6.07, 6.45) is 0.0552. The minimum Gasteiger partial charge on any atom is -0.467 e. The van der Waals surface area contributed by atoms with Crippen LogP contribution in [-0.2, 0) is 19.1 Å². The monoisotopic (exact) mass is 303 g/mol. The molecule has 0 radical (unpaired) electrons. The second-order valence-electron chi connectivity index (χ2n) is 6.06. The Labute approximate surface area is 130 Å². The molecule has 0 spiro atoms. The Morgan fingerprint density at radius 1 is 1.23 bits per heavy atom. The Bertz CT molecular complexity index is 559. The van der Waals surface area contributed by atoms with Crippen LogP contribution in [-0.4, -0.2) is 49.2 Å². The van der Waals surface area contributed by atoms with Gasteiger partial charge in [-0.1, -0.05) is 30.3 Å². The molecule has 1 aromatic carbocycles. The molecule has 5 nitrogen and oxygen atoms in total. The quantitative estimate of drug-likeness (QED) is 0.796. The van der Waals surface area contributed by atoms with Gasteiger partial charge in [-0.2, -0.15) is 0 Å². The van der Waals surface area contributed by atoms with E-state index in [9.17, 15) is 9.59 Å². The highest BCUT2D eigenvalue weighted by atomic mass is 16.6. The SMILES string of the molecule is COC(=O)[C@H]1CN(C(=O)[C@@H]2C[C@H]2c2ccccc2)C[C@@H](C)O1. The van der Waals surface area contributed by atoms with Gasteiger partial charge in [-0.3, -0.25) is 4.79 Å². The second-order valence-corrected chi connectivity index (χ2v) is 6.06. The van der Waals surface area contributed by atoms with Gasteiger partial charge < -0.3 is 14.4 Å². The lowest BCUT2D eigenvalue weighted by molar-refractivity contribution is -0.169. The molecule has 1 aliphatic carbocycles. The third kappa shape index (κ3) is 2.99. The maximum Gasteiger partial charge on any atom is 0.336 e. The molecule has 2 fully saturated rings. The zero-order valence-corrected chi connectivity index (χ0v) is 12.9. The Balaban J connectivity index is 1.64. The number of carbonyl (C=O) groups excluding carboxylic acids is 2. The molecule has 0 unspecified atom stereocenters. The van der Waals surface area contributed by atoms with Crippen LogP contribution in [0.5, 0.6) is 0 Å². The topological polar surface area (TPSA) is 55.8 Å². The summed E-state index contributed by atoms with van der Waals surface area (Å²) in [4.78, 5) is 26.1. The number of carbonyl (C=O) groups is 2. The predicted molar refractivity (Wildman–Crippen MR) is 80.2 cm³/mol. The number of morpholine rings is 1. The number of amides is 1. The highest BCUT2D eigenvalue weighted by Gasteiger charge is 2.47. The average molecular weight is 303 g/mol. The van der Waals surface area contributed by atoms with Crippen LogP contribution in [0.15, 0.2) is 30.3 Å². The minimum atomic E-state index is -0.674. The number of hydrogen-bond donors (Lipinski definition) is 0. The third-order valence-corrected chi connectivity index (χ3v) is 4.37. The summed E-state index contributed by atoms with van der Waals surface area (Å²) >= 11 is 0. The van der Waals surface area contributed by atoms with Crippen molar-refractivity contribution in [3.8, 4) is 0 Å². The molecule has 5 heteroatoms.